The van der Waals surface area contributed by atoms with Crippen LogP contribution in [0.3, 0.4) is 0 Å². The Labute approximate surface area is 158 Å². The number of anilines is 3. The van der Waals surface area contributed by atoms with Crippen LogP contribution in [0.1, 0.15) is 23.7 Å². The third-order valence-corrected chi connectivity index (χ3v) is 3.76. The van der Waals surface area contributed by atoms with Crippen LogP contribution in [0.2, 0.25) is 0 Å². The van der Waals surface area contributed by atoms with Crippen molar-refractivity contribution < 1.29 is 14.4 Å². The minimum absolute atomic E-state index is 0.0478. The van der Waals surface area contributed by atoms with E-state index in [1.807, 2.05) is 0 Å². The molecular formula is C20H24N4O3. The van der Waals surface area contributed by atoms with Gasteiger partial charge in [0.2, 0.25) is 11.8 Å². The van der Waals surface area contributed by atoms with E-state index in [0.29, 0.717) is 23.4 Å². The number of amides is 3. The van der Waals surface area contributed by atoms with Crippen molar-refractivity contribution in [3.63, 3.8) is 0 Å². The number of carbonyl (C=O) groups excluding carboxylic acids is 3. The molecule has 0 unspecified atom stereocenters. The number of rotatable bonds is 7. The van der Waals surface area contributed by atoms with Crippen LogP contribution in [0, 0.1) is 0 Å². The van der Waals surface area contributed by atoms with E-state index in [2.05, 4.69) is 16.0 Å². The van der Waals surface area contributed by atoms with E-state index in [1.165, 1.54) is 4.90 Å². The molecule has 0 fully saturated rings. The molecule has 0 aliphatic carbocycles. The maximum absolute atomic E-state index is 12.1. The van der Waals surface area contributed by atoms with Crippen LogP contribution >= 0.6 is 0 Å². The van der Waals surface area contributed by atoms with Crippen molar-refractivity contribution >= 4 is 34.8 Å². The van der Waals surface area contributed by atoms with Crippen molar-refractivity contribution in [1.82, 2.24) is 4.90 Å². The van der Waals surface area contributed by atoms with Gasteiger partial charge in [-0.25, -0.2) is 0 Å². The quantitative estimate of drug-likeness (QED) is 0.701. The average molecular weight is 368 g/mol. The van der Waals surface area contributed by atoms with Gasteiger partial charge in [-0.2, -0.15) is 0 Å². The largest absolute Gasteiger partial charge is 0.376 e. The molecule has 0 atom stereocenters. The van der Waals surface area contributed by atoms with Gasteiger partial charge in [0, 0.05) is 43.1 Å². The summed E-state index contributed by atoms with van der Waals surface area (Å²) in [7, 11) is 3.38. The van der Waals surface area contributed by atoms with Crippen LogP contribution in [-0.2, 0) is 9.59 Å². The Morgan fingerprint density at radius 2 is 1.26 bits per heavy atom. The average Bonchev–Trinajstić information content (AvgIpc) is 2.67. The number of hydrogen-bond donors (Lipinski definition) is 3. The summed E-state index contributed by atoms with van der Waals surface area (Å²) in [5.74, 6) is -0.341. The Hall–Kier alpha value is -3.35. The zero-order valence-corrected chi connectivity index (χ0v) is 15.7. The van der Waals surface area contributed by atoms with Crippen LogP contribution in [0.25, 0.3) is 0 Å². The number of nitrogens with zero attached hydrogens (tertiary/aromatic N) is 1. The topological polar surface area (TPSA) is 90.5 Å². The third-order valence-electron chi connectivity index (χ3n) is 3.76. The molecular weight excluding hydrogens is 344 g/mol. The molecule has 0 heterocycles. The Morgan fingerprint density at radius 1 is 0.778 bits per heavy atom. The van der Waals surface area contributed by atoms with Gasteiger partial charge in [-0.1, -0.05) is 6.92 Å². The van der Waals surface area contributed by atoms with Crippen molar-refractivity contribution in [3.8, 4) is 0 Å². The van der Waals surface area contributed by atoms with Crippen LogP contribution in [-0.4, -0.2) is 43.3 Å². The smallest absolute Gasteiger partial charge is 0.253 e. The molecule has 0 aromatic heterocycles. The van der Waals surface area contributed by atoms with Crippen molar-refractivity contribution in [2.75, 3.05) is 36.6 Å². The number of benzene rings is 2. The zero-order chi connectivity index (χ0) is 19.8. The second-order valence-corrected chi connectivity index (χ2v) is 6.16. The Balaban J connectivity index is 1.83. The summed E-state index contributed by atoms with van der Waals surface area (Å²) in [5, 5.41) is 8.55. The highest BCUT2D eigenvalue weighted by Crippen LogP contribution is 2.14. The van der Waals surface area contributed by atoms with Gasteiger partial charge in [0.1, 0.15) is 0 Å². The first kappa shape index (κ1) is 20.0. The predicted octanol–water partition coefficient (Wildman–Crippen LogP) is 2.79. The molecule has 0 aliphatic heterocycles. The zero-order valence-electron chi connectivity index (χ0n) is 15.7. The number of nitrogens with one attached hydrogen (secondary N) is 3. The van der Waals surface area contributed by atoms with E-state index in [4.69, 9.17) is 0 Å². The van der Waals surface area contributed by atoms with Gasteiger partial charge >= 0.3 is 0 Å². The van der Waals surface area contributed by atoms with Gasteiger partial charge in [-0.3, -0.25) is 14.4 Å². The molecule has 27 heavy (non-hydrogen) atoms. The molecule has 0 saturated heterocycles. The number of carbonyl (C=O) groups is 3. The van der Waals surface area contributed by atoms with Crippen LogP contribution in [0.4, 0.5) is 17.1 Å². The maximum atomic E-state index is 12.1. The number of hydrogen-bond acceptors (Lipinski definition) is 4. The fourth-order valence-corrected chi connectivity index (χ4v) is 2.26. The Bertz CT molecular complexity index is 799. The standard InChI is InChI=1S/C20H24N4O3/c1-4-18(25)22-17-11-9-15(10-12-17)21-13-19(26)23-16-7-5-14(6-8-16)20(27)24(2)3/h5-12,21H,4,13H2,1-3H3,(H,22,25)(H,23,26). The van der Waals surface area contributed by atoms with E-state index >= 15 is 0 Å². The third kappa shape index (κ3) is 6.14. The van der Waals surface area contributed by atoms with E-state index in [0.717, 1.165) is 5.69 Å². The summed E-state index contributed by atoms with van der Waals surface area (Å²) in [6.45, 7) is 1.89. The summed E-state index contributed by atoms with van der Waals surface area (Å²) in [5.41, 5.74) is 2.66. The second-order valence-electron chi connectivity index (χ2n) is 6.16. The molecule has 3 N–H and O–H groups in total. The molecule has 0 bridgehead atoms. The lowest BCUT2D eigenvalue weighted by molar-refractivity contribution is -0.116. The van der Waals surface area contributed by atoms with Gasteiger partial charge in [0.15, 0.2) is 0 Å². The molecule has 0 saturated carbocycles. The first-order valence-corrected chi connectivity index (χ1v) is 8.64. The fraction of sp³-hybridized carbons (Fsp3) is 0.250. The van der Waals surface area contributed by atoms with Gasteiger partial charge in [0.05, 0.1) is 6.54 Å². The molecule has 3 amide bonds. The first-order valence-electron chi connectivity index (χ1n) is 8.64. The predicted molar refractivity (Wildman–Crippen MR) is 107 cm³/mol. The molecule has 2 aromatic rings. The van der Waals surface area contributed by atoms with Crippen molar-refractivity contribution in [1.29, 1.82) is 0 Å². The second kappa shape index (κ2) is 9.38. The monoisotopic (exact) mass is 368 g/mol. The fourth-order valence-electron chi connectivity index (χ4n) is 2.26. The van der Waals surface area contributed by atoms with E-state index in [1.54, 1.807) is 69.6 Å². The molecule has 0 aliphatic rings. The lowest BCUT2D eigenvalue weighted by atomic mass is 10.2. The van der Waals surface area contributed by atoms with Crippen molar-refractivity contribution in [3.05, 3.63) is 54.1 Å². The summed E-state index contributed by atoms with van der Waals surface area (Å²) >= 11 is 0. The van der Waals surface area contributed by atoms with Gasteiger partial charge in [0.25, 0.3) is 5.91 Å². The molecule has 142 valence electrons. The molecule has 7 nitrogen and oxygen atoms in total. The van der Waals surface area contributed by atoms with Crippen molar-refractivity contribution in [2.24, 2.45) is 0 Å². The summed E-state index contributed by atoms with van der Waals surface area (Å²) in [6, 6.07) is 13.9. The van der Waals surface area contributed by atoms with Crippen LogP contribution in [0.15, 0.2) is 48.5 Å². The van der Waals surface area contributed by atoms with Crippen LogP contribution < -0.4 is 16.0 Å². The van der Waals surface area contributed by atoms with E-state index in [9.17, 15) is 14.4 Å². The summed E-state index contributed by atoms with van der Waals surface area (Å²) in [6.07, 6.45) is 0.421. The lowest BCUT2D eigenvalue weighted by Crippen LogP contribution is -2.23. The van der Waals surface area contributed by atoms with Gasteiger partial charge in [-0.15, -0.1) is 0 Å². The van der Waals surface area contributed by atoms with Gasteiger partial charge < -0.3 is 20.9 Å². The minimum atomic E-state index is -0.204. The summed E-state index contributed by atoms with van der Waals surface area (Å²) in [4.78, 5) is 36.7. The molecule has 2 rings (SSSR count). The lowest BCUT2D eigenvalue weighted by Gasteiger charge is -2.11. The highest BCUT2D eigenvalue weighted by molar-refractivity contribution is 5.96. The maximum Gasteiger partial charge on any atom is 0.253 e. The molecule has 7 heteroatoms. The normalized spacial score (nSPS) is 10.0. The van der Waals surface area contributed by atoms with E-state index < -0.39 is 0 Å². The van der Waals surface area contributed by atoms with E-state index in [-0.39, 0.29) is 24.3 Å². The molecule has 0 spiro atoms. The highest BCUT2D eigenvalue weighted by Gasteiger charge is 2.08. The Morgan fingerprint density at radius 3 is 1.78 bits per heavy atom. The first-order chi connectivity index (χ1) is 12.9. The molecule has 2 aromatic carbocycles. The van der Waals surface area contributed by atoms with Gasteiger partial charge in [-0.05, 0) is 48.5 Å². The summed E-state index contributed by atoms with van der Waals surface area (Å²) < 4.78 is 0. The van der Waals surface area contributed by atoms with Crippen LogP contribution in [0.5, 0.6) is 0 Å². The SMILES string of the molecule is CCC(=O)Nc1ccc(NCC(=O)Nc2ccc(C(=O)N(C)C)cc2)cc1. The highest BCUT2D eigenvalue weighted by atomic mass is 16.2. The molecule has 0 radical (unpaired) electrons. The van der Waals surface area contributed by atoms with Crippen molar-refractivity contribution in [2.45, 2.75) is 13.3 Å². The minimum Gasteiger partial charge on any atom is -0.376 e. The Kier molecular flexibility index (Phi) is 6.93.